The van der Waals surface area contributed by atoms with E-state index in [9.17, 15) is 9.18 Å². The van der Waals surface area contributed by atoms with Crippen LogP contribution >= 0.6 is 15.9 Å². The quantitative estimate of drug-likeness (QED) is 0.564. The van der Waals surface area contributed by atoms with Crippen LogP contribution in [0.3, 0.4) is 0 Å². The molecule has 7 nitrogen and oxygen atoms in total. The molecular formula is C22H24BrFN6O. The third-order valence-corrected chi connectivity index (χ3v) is 6.00. The van der Waals surface area contributed by atoms with E-state index in [2.05, 4.69) is 46.4 Å². The highest BCUT2D eigenvalue weighted by atomic mass is 79.9. The normalized spacial score (nSPS) is 17.1. The molecule has 1 aliphatic heterocycles. The van der Waals surface area contributed by atoms with Crippen molar-refractivity contribution in [1.29, 1.82) is 0 Å². The van der Waals surface area contributed by atoms with Gasteiger partial charge in [-0.3, -0.25) is 4.79 Å². The van der Waals surface area contributed by atoms with Crippen molar-refractivity contribution in [2.75, 3.05) is 23.3 Å². The Morgan fingerprint density at radius 2 is 2.13 bits per heavy atom. The lowest BCUT2D eigenvalue weighted by atomic mass is 10.1. The van der Waals surface area contributed by atoms with Crippen LogP contribution in [-0.4, -0.2) is 40.0 Å². The molecule has 0 spiro atoms. The Hall–Kier alpha value is -2.81. The van der Waals surface area contributed by atoms with Crippen molar-refractivity contribution in [2.45, 2.75) is 39.3 Å². The van der Waals surface area contributed by atoms with E-state index in [0.29, 0.717) is 22.7 Å². The fourth-order valence-electron chi connectivity index (χ4n) is 3.86. The van der Waals surface area contributed by atoms with E-state index < -0.39 is 0 Å². The number of aromatic nitrogens is 3. The number of carbonyl (C=O) groups is 1. The van der Waals surface area contributed by atoms with Crippen LogP contribution in [0.1, 0.15) is 37.7 Å². The first-order valence-electron chi connectivity index (χ1n) is 10.2. The highest BCUT2D eigenvalue weighted by Crippen LogP contribution is 2.29. The molecule has 1 saturated heterocycles. The number of hydrogen-bond donors (Lipinski definition) is 2. The summed E-state index contributed by atoms with van der Waals surface area (Å²) in [6.07, 6.45) is 2.64. The Balaban J connectivity index is 1.63. The van der Waals surface area contributed by atoms with Crippen LogP contribution in [-0.2, 0) is 4.79 Å². The standard InChI is InChI=1S/C22H24BrFN6O/c1-12(15-4-5-19(24)18(23)8-15)26-22-17-9-21(25-10-20(17)27-13(2)28-22)30-7-6-16(11-30)29-14(3)31/h4-5,8-10,12,16H,6-7,11H2,1-3H3,(H,29,31)(H,26,27,28)/t12?,16-/m1/s1. The molecule has 0 saturated carbocycles. The Morgan fingerprint density at radius 1 is 1.32 bits per heavy atom. The van der Waals surface area contributed by atoms with E-state index >= 15 is 0 Å². The SMILES string of the molecule is CC(=O)N[C@@H]1CCN(c2cc3c(NC(C)c4ccc(F)c(Br)c4)nc(C)nc3cn2)C1. The van der Waals surface area contributed by atoms with Crippen LogP contribution in [0.15, 0.2) is 34.9 Å². The summed E-state index contributed by atoms with van der Waals surface area (Å²) in [6.45, 7) is 6.92. The number of halogens is 2. The zero-order valence-corrected chi connectivity index (χ0v) is 19.2. The van der Waals surface area contributed by atoms with E-state index in [0.717, 1.165) is 35.2 Å². The maximum Gasteiger partial charge on any atom is 0.217 e. The van der Waals surface area contributed by atoms with Crippen molar-refractivity contribution in [1.82, 2.24) is 20.3 Å². The molecule has 0 radical (unpaired) electrons. The summed E-state index contributed by atoms with van der Waals surface area (Å²) in [5.41, 5.74) is 1.69. The number of amides is 1. The first-order chi connectivity index (χ1) is 14.8. The summed E-state index contributed by atoms with van der Waals surface area (Å²) in [5.74, 6) is 1.86. The molecule has 0 aliphatic carbocycles. The zero-order chi connectivity index (χ0) is 22.1. The van der Waals surface area contributed by atoms with Crippen LogP contribution in [0.2, 0.25) is 0 Å². The summed E-state index contributed by atoms with van der Waals surface area (Å²) in [4.78, 5) is 27.2. The second kappa shape index (κ2) is 8.74. The number of carbonyl (C=O) groups excluding carboxylic acids is 1. The van der Waals surface area contributed by atoms with Crippen molar-refractivity contribution in [3.8, 4) is 0 Å². The van der Waals surface area contributed by atoms with Gasteiger partial charge in [-0.2, -0.15) is 0 Å². The maximum absolute atomic E-state index is 13.6. The number of rotatable bonds is 5. The smallest absolute Gasteiger partial charge is 0.217 e. The summed E-state index contributed by atoms with van der Waals surface area (Å²) in [7, 11) is 0. The maximum atomic E-state index is 13.6. The van der Waals surface area contributed by atoms with Crippen molar-refractivity contribution in [2.24, 2.45) is 0 Å². The zero-order valence-electron chi connectivity index (χ0n) is 17.6. The number of hydrogen-bond acceptors (Lipinski definition) is 6. The molecule has 1 aromatic carbocycles. The average molecular weight is 487 g/mol. The summed E-state index contributed by atoms with van der Waals surface area (Å²) >= 11 is 3.25. The minimum atomic E-state index is -0.293. The predicted octanol–water partition coefficient (Wildman–Crippen LogP) is 4.12. The first-order valence-corrected chi connectivity index (χ1v) is 11.0. The van der Waals surface area contributed by atoms with Crippen molar-refractivity contribution >= 4 is 44.4 Å². The van der Waals surface area contributed by atoms with Crippen LogP contribution in [0.5, 0.6) is 0 Å². The Labute approximate surface area is 188 Å². The molecule has 162 valence electrons. The third-order valence-electron chi connectivity index (χ3n) is 5.40. The number of fused-ring (bicyclic) bond motifs is 1. The van der Waals surface area contributed by atoms with Gasteiger partial charge in [0.15, 0.2) is 0 Å². The summed E-state index contributed by atoms with van der Waals surface area (Å²) in [6, 6.07) is 6.99. The highest BCUT2D eigenvalue weighted by Gasteiger charge is 2.24. The second-order valence-corrected chi connectivity index (χ2v) is 8.71. The van der Waals surface area contributed by atoms with Crippen LogP contribution in [0.4, 0.5) is 16.0 Å². The molecule has 1 amide bonds. The van der Waals surface area contributed by atoms with E-state index in [1.165, 1.54) is 13.0 Å². The predicted molar refractivity (Wildman–Crippen MR) is 123 cm³/mol. The minimum Gasteiger partial charge on any atom is -0.363 e. The van der Waals surface area contributed by atoms with E-state index in [1.54, 1.807) is 18.3 Å². The molecule has 0 bridgehead atoms. The largest absolute Gasteiger partial charge is 0.363 e. The molecule has 1 aliphatic rings. The number of nitrogens with one attached hydrogen (secondary N) is 2. The lowest BCUT2D eigenvalue weighted by Gasteiger charge is -2.20. The fourth-order valence-corrected chi connectivity index (χ4v) is 4.26. The van der Waals surface area contributed by atoms with E-state index in [1.807, 2.05) is 19.9 Å². The van der Waals surface area contributed by atoms with Gasteiger partial charge in [0.2, 0.25) is 5.91 Å². The molecule has 3 heterocycles. The Bertz CT molecular complexity index is 1140. The van der Waals surface area contributed by atoms with Gasteiger partial charge < -0.3 is 15.5 Å². The molecule has 1 unspecified atom stereocenters. The number of benzene rings is 1. The molecule has 31 heavy (non-hydrogen) atoms. The van der Waals surface area contributed by atoms with Crippen molar-refractivity contribution in [3.63, 3.8) is 0 Å². The minimum absolute atomic E-state index is 0.0184. The van der Waals surface area contributed by atoms with Crippen LogP contribution in [0, 0.1) is 12.7 Å². The third kappa shape index (κ3) is 4.76. The molecule has 9 heteroatoms. The summed E-state index contributed by atoms with van der Waals surface area (Å²) < 4.78 is 14.0. The Kier molecular flexibility index (Phi) is 6.04. The molecule has 2 atom stereocenters. The fraction of sp³-hybridized carbons (Fsp3) is 0.364. The topological polar surface area (TPSA) is 83.0 Å². The van der Waals surface area contributed by atoms with E-state index in [-0.39, 0.29) is 23.8 Å². The van der Waals surface area contributed by atoms with Gasteiger partial charge in [0.25, 0.3) is 0 Å². The molecule has 1 fully saturated rings. The monoisotopic (exact) mass is 486 g/mol. The van der Waals surface area contributed by atoms with Gasteiger partial charge in [-0.25, -0.2) is 19.3 Å². The van der Waals surface area contributed by atoms with Gasteiger partial charge in [-0.15, -0.1) is 0 Å². The summed E-state index contributed by atoms with van der Waals surface area (Å²) in [5, 5.41) is 7.29. The number of nitrogens with zero attached hydrogens (tertiary/aromatic N) is 4. The Morgan fingerprint density at radius 3 is 2.87 bits per heavy atom. The van der Waals surface area contributed by atoms with Gasteiger partial charge in [0, 0.05) is 31.4 Å². The molecule has 4 rings (SSSR count). The lowest BCUT2D eigenvalue weighted by molar-refractivity contribution is -0.119. The van der Waals surface area contributed by atoms with Crippen molar-refractivity contribution < 1.29 is 9.18 Å². The number of anilines is 2. The van der Waals surface area contributed by atoms with Gasteiger partial charge in [0.1, 0.15) is 23.3 Å². The molecular weight excluding hydrogens is 463 g/mol. The lowest BCUT2D eigenvalue weighted by Crippen LogP contribution is -2.35. The van der Waals surface area contributed by atoms with Gasteiger partial charge >= 0.3 is 0 Å². The van der Waals surface area contributed by atoms with Crippen LogP contribution in [0.25, 0.3) is 10.9 Å². The number of aryl methyl sites for hydroxylation is 1. The molecule has 2 aromatic heterocycles. The van der Waals surface area contributed by atoms with E-state index in [4.69, 9.17) is 0 Å². The first kappa shape index (κ1) is 21.4. The van der Waals surface area contributed by atoms with Crippen molar-refractivity contribution in [3.05, 3.63) is 52.1 Å². The molecule has 2 N–H and O–H groups in total. The second-order valence-electron chi connectivity index (χ2n) is 7.85. The molecule has 3 aromatic rings. The van der Waals surface area contributed by atoms with Gasteiger partial charge in [-0.05, 0) is 60.0 Å². The average Bonchev–Trinajstić information content (AvgIpc) is 3.17. The van der Waals surface area contributed by atoms with Gasteiger partial charge in [0.05, 0.1) is 22.2 Å². The van der Waals surface area contributed by atoms with Gasteiger partial charge in [-0.1, -0.05) is 6.07 Å². The highest BCUT2D eigenvalue weighted by molar-refractivity contribution is 9.10. The number of pyridine rings is 1. The van der Waals surface area contributed by atoms with Crippen LogP contribution < -0.4 is 15.5 Å².